The summed E-state index contributed by atoms with van der Waals surface area (Å²) in [5.41, 5.74) is -0.107. The number of hydrogen-bond acceptors (Lipinski definition) is 2. The van der Waals surface area contributed by atoms with Gasteiger partial charge in [-0.3, -0.25) is 4.79 Å². The Balaban J connectivity index is 3.22. The maximum Gasteiger partial charge on any atom is 0.331 e. The summed E-state index contributed by atoms with van der Waals surface area (Å²) < 4.78 is 26.0. The number of benzene rings is 1. The third-order valence-electron chi connectivity index (χ3n) is 2.27. The Morgan fingerprint density at radius 2 is 1.94 bits per heavy atom. The lowest BCUT2D eigenvalue weighted by atomic mass is 10.1. The van der Waals surface area contributed by atoms with Crippen LogP contribution >= 0.6 is 0 Å². The fraction of sp³-hybridized carbons (Fsp3) is 0.273. The van der Waals surface area contributed by atoms with Crippen LogP contribution in [0.3, 0.4) is 0 Å². The van der Waals surface area contributed by atoms with Gasteiger partial charge in [-0.1, -0.05) is 0 Å². The zero-order valence-electron chi connectivity index (χ0n) is 9.06. The Hall–Kier alpha value is -1.98. The lowest BCUT2D eigenvalue weighted by Gasteiger charge is -2.23. The molecule has 6 heteroatoms. The first kappa shape index (κ1) is 13.1. The monoisotopic (exact) mass is 243 g/mol. The number of carbonyl (C=O) groups is 2. The molecule has 0 saturated carbocycles. The Morgan fingerprint density at radius 1 is 1.41 bits per heavy atom. The SMILES string of the molecule is CCN(C=O)C(C(=O)O)c1cc(F)cc(F)c1. The maximum absolute atomic E-state index is 13.0. The van der Waals surface area contributed by atoms with Gasteiger partial charge in [-0.15, -0.1) is 0 Å². The van der Waals surface area contributed by atoms with Gasteiger partial charge in [-0.25, -0.2) is 13.6 Å². The van der Waals surface area contributed by atoms with Crippen LogP contribution in [-0.2, 0) is 9.59 Å². The summed E-state index contributed by atoms with van der Waals surface area (Å²) in [7, 11) is 0. The lowest BCUT2D eigenvalue weighted by molar-refractivity contribution is -0.146. The van der Waals surface area contributed by atoms with Crippen LogP contribution < -0.4 is 0 Å². The van der Waals surface area contributed by atoms with Crippen molar-refractivity contribution in [2.45, 2.75) is 13.0 Å². The molecular formula is C11H11F2NO3. The molecule has 0 radical (unpaired) electrons. The predicted molar refractivity (Wildman–Crippen MR) is 55.2 cm³/mol. The van der Waals surface area contributed by atoms with Gasteiger partial charge in [0.25, 0.3) is 0 Å². The number of halogens is 2. The molecule has 0 spiro atoms. The van der Waals surface area contributed by atoms with Crippen molar-refractivity contribution in [2.24, 2.45) is 0 Å². The summed E-state index contributed by atoms with van der Waals surface area (Å²) in [4.78, 5) is 22.7. The molecule has 0 heterocycles. The maximum atomic E-state index is 13.0. The highest BCUT2D eigenvalue weighted by Crippen LogP contribution is 2.21. The average molecular weight is 243 g/mol. The number of carboxylic acids is 1. The molecule has 0 aliphatic heterocycles. The van der Waals surface area contributed by atoms with Crippen LogP contribution in [0.2, 0.25) is 0 Å². The predicted octanol–water partition coefficient (Wildman–Crippen LogP) is 1.57. The lowest BCUT2D eigenvalue weighted by Crippen LogP contribution is -2.33. The van der Waals surface area contributed by atoms with Crippen molar-refractivity contribution in [2.75, 3.05) is 6.54 Å². The molecule has 0 aromatic heterocycles. The smallest absolute Gasteiger partial charge is 0.331 e. The minimum atomic E-state index is -1.39. The van der Waals surface area contributed by atoms with Crippen molar-refractivity contribution >= 4 is 12.4 Å². The first-order chi connectivity index (χ1) is 7.99. The van der Waals surface area contributed by atoms with E-state index in [-0.39, 0.29) is 12.1 Å². The van der Waals surface area contributed by atoms with Gasteiger partial charge < -0.3 is 10.0 Å². The molecule has 1 atom stereocenters. The van der Waals surface area contributed by atoms with E-state index in [0.29, 0.717) is 12.5 Å². The van der Waals surface area contributed by atoms with E-state index in [0.717, 1.165) is 17.0 Å². The molecule has 1 amide bonds. The summed E-state index contributed by atoms with van der Waals surface area (Å²) in [5, 5.41) is 9.00. The second-order valence-electron chi connectivity index (χ2n) is 3.38. The highest BCUT2D eigenvalue weighted by molar-refractivity contribution is 5.78. The minimum absolute atomic E-state index is 0.107. The summed E-state index contributed by atoms with van der Waals surface area (Å²) in [6, 6.07) is 1.05. The highest BCUT2D eigenvalue weighted by Gasteiger charge is 2.26. The molecule has 92 valence electrons. The first-order valence-corrected chi connectivity index (χ1v) is 4.89. The average Bonchev–Trinajstić information content (AvgIpc) is 2.23. The van der Waals surface area contributed by atoms with Crippen molar-refractivity contribution < 1.29 is 23.5 Å². The van der Waals surface area contributed by atoms with E-state index in [1.54, 1.807) is 6.92 Å². The van der Waals surface area contributed by atoms with Gasteiger partial charge in [-0.2, -0.15) is 0 Å². The Kier molecular flexibility index (Phi) is 4.14. The Bertz CT molecular complexity index is 416. The number of hydrogen-bond donors (Lipinski definition) is 1. The molecule has 1 aromatic rings. The molecule has 4 nitrogen and oxygen atoms in total. The molecule has 0 saturated heterocycles. The normalized spacial score (nSPS) is 11.9. The number of nitrogens with zero attached hydrogens (tertiary/aromatic N) is 1. The Labute approximate surface area is 96.5 Å². The molecular weight excluding hydrogens is 232 g/mol. The van der Waals surface area contributed by atoms with Gasteiger partial charge in [0, 0.05) is 12.6 Å². The van der Waals surface area contributed by atoms with Gasteiger partial charge >= 0.3 is 5.97 Å². The van der Waals surface area contributed by atoms with Crippen molar-refractivity contribution in [3.05, 3.63) is 35.4 Å². The van der Waals surface area contributed by atoms with Crippen molar-refractivity contribution in [3.63, 3.8) is 0 Å². The van der Waals surface area contributed by atoms with E-state index in [9.17, 15) is 18.4 Å². The number of carboxylic acid groups (broad SMARTS) is 1. The number of rotatable bonds is 5. The second-order valence-corrected chi connectivity index (χ2v) is 3.38. The molecule has 1 unspecified atom stereocenters. The topological polar surface area (TPSA) is 57.6 Å². The number of likely N-dealkylation sites (N-methyl/N-ethyl adjacent to an activating group) is 1. The molecule has 1 rings (SSSR count). The molecule has 0 fully saturated rings. The van der Waals surface area contributed by atoms with Crippen LogP contribution in [0.5, 0.6) is 0 Å². The largest absolute Gasteiger partial charge is 0.479 e. The van der Waals surface area contributed by atoms with Gasteiger partial charge in [-0.05, 0) is 24.6 Å². The molecule has 1 N–H and O–H groups in total. The molecule has 0 bridgehead atoms. The zero-order valence-corrected chi connectivity index (χ0v) is 9.06. The highest BCUT2D eigenvalue weighted by atomic mass is 19.1. The third kappa shape index (κ3) is 2.99. The van der Waals surface area contributed by atoms with Crippen LogP contribution in [0.1, 0.15) is 18.5 Å². The number of carbonyl (C=O) groups excluding carboxylic acids is 1. The van der Waals surface area contributed by atoms with Crippen LogP contribution in [0.25, 0.3) is 0 Å². The van der Waals surface area contributed by atoms with Gasteiger partial charge in [0.2, 0.25) is 6.41 Å². The van der Waals surface area contributed by atoms with Crippen LogP contribution in [-0.4, -0.2) is 28.9 Å². The van der Waals surface area contributed by atoms with Crippen LogP contribution in [0.15, 0.2) is 18.2 Å². The molecule has 17 heavy (non-hydrogen) atoms. The van der Waals surface area contributed by atoms with Gasteiger partial charge in [0.05, 0.1) is 0 Å². The van der Waals surface area contributed by atoms with E-state index in [4.69, 9.17) is 5.11 Å². The van der Waals surface area contributed by atoms with Crippen molar-refractivity contribution in [1.82, 2.24) is 4.90 Å². The zero-order chi connectivity index (χ0) is 13.0. The summed E-state index contributed by atoms with van der Waals surface area (Å²) >= 11 is 0. The van der Waals surface area contributed by atoms with E-state index < -0.39 is 23.6 Å². The van der Waals surface area contributed by atoms with Crippen molar-refractivity contribution in [3.8, 4) is 0 Å². The standard InChI is InChI=1S/C11H11F2NO3/c1-2-14(6-15)10(11(16)17)7-3-8(12)5-9(13)4-7/h3-6,10H,2H2,1H3,(H,16,17). The summed E-state index contributed by atoms with van der Waals surface area (Å²) in [6.45, 7) is 1.69. The third-order valence-corrected chi connectivity index (χ3v) is 2.27. The fourth-order valence-corrected chi connectivity index (χ4v) is 1.53. The minimum Gasteiger partial charge on any atom is -0.479 e. The Morgan fingerprint density at radius 3 is 2.29 bits per heavy atom. The second kappa shape index (κ2) is 5.38. The quantitative estimate of drug-likeness (QED) is 0.798. The van der Waals surface area contributed by atoms with Crippen molar-refractivity contribution in [1.29, 1.82) is 0 Å². The van der Waals surface area contributed by atoms with Gasteiger partial charge in [0.1, 0.15) is 11.6 Å². The molecule has 1 aromatic carbocycles. The van der Waals surface area contributed by atoms with E-state index in [1.165, 1.54) is 0 Å². The van der Waals surface area contributed by atoms with Crippen LogP contribution in [0, 0.1) is 11.6 Å². The summed E-state index contributed by atoms with van der Waals surface area (Å²) in [5.74, 6) is -3.11. The van der Waals surface area contributed by atoms with E-state index >= 15 is 0 Å². The number of aliphatic carboxylic acids is 1. The number of amides is 1. The van der Waals surface area contributed by atoms with E-state index in [2.05, 4.69) is 0 Å². The summed E-state index contributed by atoms with van der Waals surface area (Å²) in [6.07, 6.45) is 0.335. The van der Waals surface area contributed by atoms with E-state index in [1.807, 2.05) is 0 Å². The molecule has 0 aliphatic carbocycles. The van der Waals surface area contributed by atoms with Gasteiger partial charge in [0.15, 0.2) is 6.04 Å². The fourth-order valence-electron chi connectivity index (χ4n) is 1.53. The molecule has 0 aliphatic rings. The first-order valence-electron chi connectivity index (χ1n) is 4.89. The van der Waals surface area contributed by atoms with Crippen LogP contribution in [0.4, 0.5) is 8.78 Å².